The number of nitrogens with zero attached hydrogens (tertiary/aromatic N) is 1. The molecule has 0 bridgehead atoms. The average Bonchev–Trinajstić information content (AvgIpc) is 2.01. The fourth-order valence-electron chi connectivity index (χ4n) is 0.722. The van der Waals surface area contributed by atoms with Crippen molar-refractivity contribution in [1.29, 1.82) is 0 Å². The number of alkyl halides is 4. The van der Waals surface area contributed by atoms with Gasteiger partial charge in [0.2, 0.25) is 5.88 Å². The fourth-order valence-corrected chi connectivity index (χ4v) is 1.77. The van der Waals surface area contributed by atoms with Gasteiger partial charge in [0.1, 0.15) is 3.70 Å². The van der Waals surface area contributed by atoms with Gasteiger partial charge in [-0.3, -0.25) is 0 Å². The van der Waals surface area contributed by atoms with Gasteiger partial charge in [0.25, 0.3) is 0 Å². The van der Waals surface area contributed by atoms with Gasteiger partial charge in [0.15, 0.2) is 0 Å². The highest BCUT2D eigenvalue weighted by Crippen LogP contribution is 2.23. The summed E-state index contributed by atoms with van der Waals surface area (Å²) < 4.78 is 39.3. The van der Waals surface area contributed by atoms with Crippen LogP contribution in [-0.2, 0) is 5.88 Å². The van der Waals surface area contributed by atoms with E-state index >= 15 is 0 Å². The Balaban J connectivity index is 2.87. The van der Waals surface area contributed by atoms with Gasteiger partial charge in [-0.25, -0.2) is 4.98 Å². The van der Waals surface area contributed by atoms with Crippen LogP contribution < -0.4 is 4.74 Å². The summed E-state index contributed by atoms with van der Waals surface area (Å²) in [6, 6.07) is 2.58. The van der Waals surface area contributed by atoms with Crippen LogP contribution in [0.25, 0.3) is 0 Å². The molecule has 0 saturated carbocycles. The van der Waals surface area contributed by atoms with E-state index in [0.717, 1.165) is 6.07 Å². The zero-order chi connectivity index (χ0) is 10.8. The van der Waals surface area contributed by atoms with Gasteiger partial charge in [-0.2, -0.15) is 0 Å². The normalized spacial score (nSPS) is 11.5. The number of halogens is 5. The Hall–Kier alpha value is -0.240. The maximum absolute atomic E-state index is 11.8. The van der Waals surface area contributed by atoms with E-state index < -0.39 is 12.2 Å². The minimum atomic E-state index is -4.71. The van der Waals surface area contributed by atoms with Crippen molar-refractivity contribution in [1.82, 2.24) is 4.98 Å². The maximum atomic E-state index is 11.8. The second-order valence-corrected chi connectivity index (χ2v) is 3.57. The monoisotopic (exact) mass is 337 g/mol. The van der Waals surface area contributed by atoms with Gasteiger partial charge < -0.3 is 4.74 Å². The Morgan fingerprint density at radius 3 is 2.50 bits per heavy atom. The summed E-state index contributed by atoms with van der Waals surface area (Å²) in [7, 11) is 0. The Labute approximate surface area is 96.6 Å². The number of hydrogen-bond acceptors (Lipinski definition) is 2. The van der Waals surface area contributed by atoms with Gasteiger partial charge in [-0.1, -0.05) is 0 Å². The summed E-state index contributed by atoms with van der Waals surface area (Å²) in [4.78, 5) is 3.59. The third kappa shape index (κ3) is 3.49. The van der Waals surface area contributed by atoms with Crippen LogP contribution in [0.5, 0.6) is 5.88 Å². The predicted octanol–water partition coefficient (Wildman–Crippen LogP) is 3.32. The lowest BCUT2D eigenvalue weighted by atomic mass is 10.3. The smallest absolute Gasteiger partial charge is 0.388 e. The minimum absolute atomic E-state index is 0.206. The first kappa shape index (κ1) is 11.8. The van der Waals surface area contributed by atoms with Crippen LogP contribution >= 0.6 is 34.2 Å². The molecule has 0 aliphatic heterocycles. The quantitative estimate of drug-likeness (QED) is 0.469. The van der Waals surface area contributed by atoms with Gasteiger partial charge in [0.05, 0.1) is 0 Å². The van der Waals surface area contributed by atoms with E-state index in [0.29, 0.717) is 9.26 Å². The minimum Gasteiger partial charge on any atom is -0.388 e. The zero-order valence-corrected chi connectivity index (χ0v) is 9.52. The molecule has 0 aliphatic carbocycles. The molecular weight excluding hydrogens is 333 g/mol. The summed E-state index contributed by atoms with van der Waals surface area (Å²) in [6.07, 6.45) is -4.71. The van der Waals surface area contributed by atoms with Gasteiger partial charge in [-0.15, -0.1) is 24.8 Å². The van der Waals surface area contributed by atoms with Crippen LogP contribution in [0.4, 0.5) is 13.2 Å². The van der Waals surface area contributed by atoms with Crippen LogP contribution in [0.15, 0.2) is 12.1 Å². The highest BCUT2D eigenvalue weighted by Gasteiger charge is 2.31. The van der Waals surface area contributed by atoms with E-state index in [4.69, 9.17) is 11.6 Å². The molecule has 2 nitrogen and oxygen atoms in total. The van der Waals surface area contributed by atoms with E-state index in [1.165, 1.54) is 6.07 Å². The lowest BCUT2D eigenvalue weighted by molar-refractivity contribution is -0.276. The van der Waals surface area contributed by atoms with E-state index in [1.807, 2.05) is 0 Å². The van der Waals surface area contributed by atoms with Gasteiger partial charge in [0, 0.05) is 11.9 Å². The van der Waals surface area contributed by atoms with E-state index in [9.17, 15) is 13.2 Å². The molecule has 0 aliphatic rings. The highest BCUT2D eigenvalue weighted by molar-refractivity contribution is 14.1. The second kappa shape index (κ2) is 4.52. The summed E-state index contributed by atoms with van der Waals surface area (Å²) in [6.45, 7) is 0. The first-order valence-electron chi connectivity index (χ1n) is 3.39. The molecule has 78 valence electrons. The first-order chi connectivity index (χ1) is 6.42. The molecular formula is C7H4ClF3INO. The number of ether oxygens (including phenoxy) is 1. The van der Waals surface area contributed by atoms with Crippen molar-refractivity contribution in [2.24, 2.45) is 0 Å². The van der Waals surface area contributed by atoms with Crippen LogP contribution in [0.2, 0.25) is 0 Å². The Bertz CT molecular complexity index is 331. The molecule has 1 aromatic heterocycles. The standard InChI is InChI=1S/C7H4ClF3INO/c8-3-4-1-2-5(13-6(4)12)14-7(9,10)11/h1-2H,3H2. The summed E-state index contributed by atoms with van der Waals surface area (Å²) in [5.74, 6) is -0.270. The Morgan fingerprint density at radius 2 is 2.07 bits per heavy atom. The van der Waals surface area contributed by atoms with Crippen molar-refractivity contribution >= 4 is 34.2 Å². The largest absolute Gasteiger partial charge is 0.574 e. The average molecular weight is 337 g/mol. The molecule has 0 N–H and O–H groups in total. The lowest BCUT2D eigenvalue weighted by Gasteiger charge is -2.08. The Morgan fingerprint density at radius 1 is 1.43 bits per heavy atom. The predicted molar refractivity (Wildman–Crippen MR) is 53.2 cm³/mol. The third-order valence-corrected chi connectivity index (χ3v) is 2.49. The van der Waals surface area contributed by atoms with E-state index in [2.05, 4.69) is 9.72 Å². The van der Waals surface area contributed by atoms with Crippen molar-refractivity contribution in [3.8, 4) is 5.88 Å². The van der Waals surface area contributed by atoms with E-state index in [-0.39, 0.29) is 5.88 Å². The van der Waals surface area contributed by atoms with Gasteiger partial charge >= 0.3 is 6.36 Å². The molecule has 1 heterocycles. The molecule has 0 unspecified atom stereocenters. The van der Waals surface area contributed by atoms with Crippen molar-refractivity contribution in [2.45, 2.75) is 12.2 Å². The molecule has 7 heteroatoms. The molecule has 1 aromatic rings. The van der Waals surface area contributed by atoms with Crippen LogP contribution in [0.3, 0.4) is 0 Å². The number of aromatic nitrogens is 1. The SMILES string of the molecule is FC(F)(F)Oc1ccc(CCl)c(I)n1. The number of rotatable bonds is 2. The first-order valence-corrected chi connectivity index (χ1v) is 5.01. The van der Waals surface area contributed by atoms with Crippen molar-refractivity contribution in [2.75, 3.05) is 0 Å². The molecule has 0 radical (unpaired) electrons. The molecule has 0 saturated heterocycles. The molecule has 0 spiro atoms. The van der Waals surface area contributed by atoms with E-state index in [1.54, 1.807) is 22.6 Å². The second-order valence-electron chi connectivity index (χ2n) is 2.28. The number of hydrogen-bond donors (Lipinski definition) is 0. The van der Waals surface area contributed by atoms with Crippen molar-refractivity contribution < 1.29 is 17.9 Å². The summed E-state index contributed by atoms with van der Waals surface area (Å²) >= 11 is 7.30. The molecule has 0 fully saturated rings. The van der Waals surface area contributed by atoms with Gasteiger partial charge in [-0.05, 0) is 34.2 Å². The molecule has 0 amide bonds. The molecule has 1 rings (SSSR count). The maximum Gasteiger partial charge on any atom is 0.574 e. The summed E-state index contributed by atoms with van der Waals surface area (Å²) in [5.41, 5.74) is 0.668. The Kier molecular flexibility index (Phi) is 3.82. The van der Waals surface area contributed by atoms with Crippen LogP contribution in [0, 0.1) is 3.70 Å². The third-order valence-electron chi connectivity index (χ3n) is 1.26. The summed E-state index contributed by atoms with van der Waals surface area (Å²) in [5, 5.41) is 0. The number of pyridine rings is 1. The topological polar surface area (TPSA) is 22.1 Å². The molecule has 14 heavy (non-hydrogen) atoms. The molecule has 0 aromatic carbocycles. The van der Waals surface area contributed by atoms with Crippen LogP contribution in [0.1, 0.15) is 5.56 Å². The fraction of sp³-hybridized carbons (Fsp3) is 0.286. The van der Waals surface area contributed by atoms with Crippen molar-refractivity contribution in [3.63, 3.8) is 0 Å². The van der Waals surface area contributed by atoms with Crippen molar-refractivity contribution in [3.05, 3.63) is 21.4 Å². The highest BCUT2D eigenvalue weighted by atomic mass is 127. The lowest BCUT2D eigenvalue weighted by Crippen LogP contribution is -2.18. The zero-order valence-electron chi connectivity index (χ0n) is 6.61. The molecule has 0 atom stereocenters. The van der Waals surface area contributed by atoms with Crippen LogP contribution in [-0.4, -0.2) is 11.3 Å².